The van der Waals surface area contributed by atoms with E-state index >= 15 is 0 Å². The highest BCUT2D eigenvalue weighted by atomic mass is 16.5. The van der Waals surface area contributed by atoms with Gasteiger partial charge in [-0.1, -0.05) is 18.2 Å². The van der Waals surface area contributed by atoms with Gasteiger partial charge in [-0.2, -0.15) is 0 Å². The van der Waals surface area contributed by atoms with Crippen molar-refractivity contribution < 1.29 is 9.53 Å². The quantitative estimate of drug-likeness (QED) is 0.670. The van der Waals surface area contributed by atoms with E-state index in [1.807, 2.05) is 12.1 Å². The largest absolute Gasteiger partial charge is 0.493 e. The number of carbonyl (C=O) groups excluding carboxylic acids is 1. The minimum absolute atomic E-state index is 0.0826. The fourth-order valence-corrected chi connectivity index (χ4v) is 5.53. The molecule has 5 nitrogen and oxygen atoms in total. The number of rotatable bonds is 4. The number of aldehydes is 1. The lowest BCUT2D eigenvalue weighted by molar-refractivity contribution is 0.112. The fourth-order valence-electron chi connectivity index (χ4n) is 5.53. The first-order chi connectivity index (χ1) is 14.1. The maximum Gasteiger partial charge on any atom is 0.150 e. The SMILES string of the molecule is NC1c2cc(C=O)cc3c2C(CCO3)[C@]1(N)c1cc2ccccc2n1CC1CC1. The van der Waals surface area contributed by atoms with E-state index in [4.69, 9.17) is 16.2 Å². The molecule has 1 saturated carbocycles. The van der Waals surface area contributed by atoms with Crippen molar-refractivity contribution in [2.45, 2.75) is 43.3 Å². The molecule has 0 bridgehead atoms. The summed E-state index contributed by atoms with van der Waals surface area (Å²) in [4.78, 5) is 11.5. The summed E-state index contributed by atoms with van der Waals surface area (Å²) < 4.78 is 8.33. The summed E-state index contributed by atoms with van der Waals surface area (Å²) in [6.07, 6.45) is 4.24. The maximum atomic E-state index is 11.5. The van der Waals surface area contributed by atoms with E-state index in [1.165, 1.54) is 23.7 Å². The van der Waals surface area contributed by atoms with Crippen molar-refractivity contribution >= 4 is 17.2 Å². The first kappa shape index (κ1) is 17.2. The fraction of sp³-hybridized carbons (Fsp3) is 0.375. The van der Waals surface area contributed by atoms with Crippen LogP contribution in [0.3, 0.4) is 0 Å². The van der Waals surface area contributed by atoms with Crippen molar-refractivity contribution in [2.75, 3.05) is 6.61 Å². The summed E-state index contributed by atoms with van der Waals surface area (Å²) in [7, 11) is 0. The Hall–Kier alpha value is -2.63. The number of ether oxygens (including phenoxy) is 1. The Morgan fingerprint density at radius 1 is 1.17 bits per heavy atom. The number of hydrogen-bond donors (Lipinski definition) is 2. The summed E-state index contributed by atoms with van der Waals surface area (Å²) in [5.74, 6) is 1.58. The van der Waals surface area contributed by atoms with Crippen molar-refractivity contribution in [2.24, 2.45) is 17.4 Å². The summed E-state index contributed by atoms with van der Waals surface area (Å²) >= 11 is 0. The zero-order valence-electron chi connectivity index (χ0n) is 16.3. The van der Waals surface area contributed by atoms with Gasteiger partial charge < -0.3 is 20.8 Å². The predicted molar refractivity (Wildman–Crippen MR) is 112 cm³/mol. The number of aromatic nitrogens is 1. The molecule has 0 saturated heterocycles. The second kappa shape index (κ2) is 5.94. The number of para-hydroxylation sites is 1. The lowest BCUT2D eigenvalue weighted by Crippen LogP contribution is -2.49. The van der Waals surface area contributed by atoms with Crippen LogP contribution in [0.2, 0.25) is 0 Å². The molecule has 1 aromatic heterocycles. The van der Waals surface area contributed by atoms with Gasteiger partial charge in [-0.05, 0) is 60.4 Å². The molecule has 0 radical (unpaired) electrons. The van der Waals surface area contributed by atoms with Crippen molar-refractivity contribution in [3.8, 4) is 5.75 Å². The molecule has 2 aromatic carbocycles. The van der Waals surface area contributed by atoms with Crippen molar-refractivity contribution in [1.29, 1.82) is 0 Å². The monoisotopic (exact) mass is 387 g/mol. The number of nitrogens with zero attached hydrogens (tertiary/aromatic N) is 1. The normalized spacial score (nSPS) is 27.7. The van der Waals surface area contributed by atoms with Crippen LogP contribution >= 0.6 is 0 Å². The Kier molecular flexibility index (Phi) is 3.53. The van der Waals surface area contributed by atoms with Crippen LogP contribution in [0.1, 0.15) is 58.4 Å². The summed E-state index contributed by atoms with van der Waals surface area (Å²) in [5, 5.41) is 1.21. The molecule has 0 amide bonds. The van der Waals surface area contributed by atoms with E-state index in [9.17, 15) is 4.79 Å². The van der Waals surface area contributed by atoms with Crippen molar-refractivity contribution in [3.05, 3.63) is 64.8 Å². The van der Waals surface area contributed by atoms with E-state index in [0.29, 0.717) is 12.2 Å². The highest BCUT2D eigenvalue weighted by molar-refractivity contribution is 5.82. The zero-order valence-corrected chi connectivity index (χ0v) is 16.3. The highest BCUT2D eigenvalue weighted by Gasteiger charge is 2.54. The molecule has 2 aliphatic carbocycles. The molecule has 1 fully saturated rings. The van der Waals surface area contributed by atoms with E-state index in [1.54, 1.807) is 0 Å². The van der Waals surface area contributed by atoms with Gasteiger partial charge >= 0.3 is 0 Å². The first-order valence-corrected chi connectivity index (χ1v) is 10.5. The molecule has 3 aromatic rings. The minimum Gasteiger partial charge on any atom is -0.493 e. The Labute approximate surface area is 169 Å². The van der Waals surface area contributed by atoms with Crippen LogP contribution in [0.25, 0.3) is 10.9 Å². The number of hydrogen-bond acceptors (Lipinski definition) is 4. The van der Waals surface area contributed by atoms with E-state index < -0.39 is 5.54 Å². The molecule has 148 valence electrons. The van der Waals surface area contributed by atoms with Gasteiger partial charge in [0.1, 0.15) is 12.0 Å². The number of carbonyl (C=O) groups is 1. The van der Waals surface area contributed by atoms with Crippen LogP contribution in [0, 0.1) is 5.92 Å². The van der Waals surface area contributed by atoms with Crippen molar-refractivity contribution in [1.82, 2.24) is 4.57 Å². The third-order valence-electron chi connectivity index (χ3n) is 7.16. The van der Waals surface area contributed by atoms with Crippen LogP contribution in [-0.2, 0) is 12.1 Å². The lowest BCUT2D eigenvalue weighted by Gasteiger charge is -2.38. The molecule has 5 heteroatoms. The standard InChI is InChI=1S/C24H25N3O2/c25-23-17-9-15(13-28)10-20-22(17)18(7-8-29-20)24(23,26)21-11-16-3-1-2-4-19(16)27(21)12-14-5-6-14/h1-4,9-11,13-14,18,23H,5-8,12,25-26H2/t18?,23?,24-/m0/s1. The average molecular weight is 387 g/mol. The van der Waals surface area contributed by atoms with Gasteiger partial charge in [0.05, 0.1) is 18.2 Å². The number of benzene rings is 2. The molecular weight excluding hydrogens is 362 g/mol. The molecule has 3 aliphatic rings. The van der Waals surface area contributed by atoms with Crippen LogP contribution < -0.4 is 16.2 Å². The topological polar surface area (TPSA) is 83.3 Å². The molecule has 2 heterocycles. The number of nitrogens with two attached hydrogens (primary N) is 2. The van der Waals surface area contributed by atoms with Gasteiger partial charge in [-0.3, -0.25) is 4.79 Å². The third kappa shape index (κ3) is 2.31. The van der Waals surface area contributed by atoms with Crippen LogP contribution in [-0.4, -0.2) is 17.5 Å². The van der Waals surface area contributed by atoms with Crippen LogP contribution in [0.15, 0.2) is 42.5 Å². The molecular formula is C24H25N3O2. The predicted octanol–water partition coefficient (Wildman–Crippen LogP) is 3.60. The van der Waals surface area contributed by atoms with Gasteiger partial charge in [0.2, 0.25) is 0 Å². The lowest BCUT2D eigenvalue weighted by atomic mass is 9.77. The van der Waals surface area contributed by atoms with Gasteiger partial charge in [-0.15, -0.1) is 0 Å². The van der Waals surface area contributed by atoms with Crippen LogP contribution in [0.4, 0.5) is 0 Å². The third-order valence-corrected chi connectivity index (χ3v) is 7.16. The summed E-state index contributed by atoms with van der Waals surface area (Å²) in [5.41, 5.74) is 18.4. The minimum atomic E-state index is -0.726. The van der Waals surface area contributed by atoms with Gasteiger partial charge in [0.25, 0.3) is 0 Å². The van der Waals surface area contributed by atoms with Gasteiger partial charge in [0.15, 0.2) is 0 Å². The Morgan fingerprint density at radius 3 is 2.79 bits per heavy atom. The summed E-state index contributed by atoms with van der Waals surface area (Å²) in [6, 6.07) is 14.1. The van der Waals surface area contributed by atoms with E-state index in [2.05, 4.69) is 34.9 Å². The Bertz CT molecular complexity index is 1150. The summed E-state index contributed by atoms with van der Waals surface area (Å²) in [6.45, 7) is 1.58. The van der Waals surface area contributed by atoms with Crippen molar-refractivity contribution in [3.63, 3.8) is 0 Å². The maximum absolute atomic E-state index is 11.5. The van der Waals surface area contributed by atoms with E-state index in [-0.39, 0.29) is 12.0 Å². The second-order valence-electron chi connectivity index (χ2n) is 8.88. The molecule has 2 unspecified atom stereocenters. The molecule has 1 aliphatic heterocycles. The Morgan fingerprint density at radius 2 is 2.00 bits per heavy atom. The highest BCUT2D eigenvalue weighted by Crippen LogP contribution is 2.58. The first-order valence-electron chi connectivity index (χ1n) is 10.5. The zero-order chi connectivity index (χ0) is 19.8. The van der Waals surface area contributed by atoms with E-state index in [0.717, 1.165) is 47.7 Å². The van der Waals surface area contributed by atoms with Crippen LogP contribution in [0.5, 0.6) is 5.75 Å². The average Bonchev–Trinajstić information content (AvgIpc) is 3.46. The molecule has 3 atom stereocenters. The van der Waals surface area contributed by atoms with Gasteiger partial charge in [0, 0.05) is 34.8 Å². The smallest absolute Gasteiger partial charge is 0.150 e. The Balaban J connectivity index is 1.59. The number of fused-ring (bicyclic) bond motifs is 1. The molecule has 29 heavy (non-hydrogen) atoms. The molecule has 4 N–H and O–H groups in total. The second-order valence-corrected chi connectivity index (χ2v) is 8.88. The molecule has 0 spiro atoms. The van der Waals surface area contributed by atoms with Gasteiger partial charge in [-0.25, -0.2) is 0 Å². The molecule has 6 rings (SSSR count).